The number of piperidine rings is 1. The molecule has 1 aromatic carbocycles. The van der Waals surface area contributed by atoms with Crippen molar-refractivity contribution >= 4 is 28.0 Å². The highest BCUT2D eigenvalue weighted by molar-refractivity contribution is 7.92. The van der Waals surface area contributed by atoms with Gasteiger partial charge < -0.3 is 9.64 Å². The summed E-state index contributed by atoms with van der Waals surface area (Å²) in [5.74, 6) is -1.05. The topological polar surface area (TPSA) is 92.8 Å². The molecule has 29 heavy (non-hydrogen) atoms. The quantitative estimate of drug-likeness (QED) is 0.682. The zero-order valence-corrected chi connectivity index (χ0v) is 18.2. The molecule has 1 heterocycles. The maximum Gasteiger partial charge on any atom is 0.321 e. The number of rotatable bonds is 7. The molecule has 0 aromatic heterocycles. The summed E-state index contributed by atoms with van der Waals surface area (Å²) in [5, 5.41) is 0.997. The fourth-order valence-electron chi connectivity index (χ4n) is 3.41. The third-order valence-corrected chi connectivity index (χ3v) is 6.08. The number of amides is 1. The Labute approximate surface area is 173 Å². The molecule has 1 aromatic rings. The lowest BCUT2D eigenvalue weighted by atomic mass is 9.97. The summed E-state index contributed by atoms with van der Waals surface area (Å²) in [6.07, 6.45) is 3.39. The Morgan fingerprint density at radius 3 is 2.38 bits per heavy atom. The van der Waals surface area contributed by atoms with E-state index >= 15 is 0 Å². The highest BCUT2D eigenvalue weighted by Gasteiger charge is 2.33. The van der Waals surface area contributed by atoms with Crippen LogP contribution >= 0.6 is 0 Å². The van der Waals surface area contributed by atoms with Gasteiger partial charge in [0.15, 0.2) is 6.10 Å². The van der Waals surface area contributed by atoms with Crippen molar-refractivity contribution in [2.24, 2.45) is 0 Å². The van der Waals surface area contributed by atoms with Gasteiger partial charge in [0.1, 0.15) is 6.54 Å². The number of esters is 1. The van der Waals surface area contributed by atoms with Gasteiger partial charge in [-0.2, -0.15) is 0 Å². The van der Waals surface area contributed by atoms with Gasteiger partial charge in [-0.05, 0) is 58.6 Å². The Morgan fingerprint density at radius 1 is 1.21 bits per heavy atom. The normalized spacial score (nSPS) is 21.2. The number of sulfonamides is 1. The lowest BCUT2D eigenvalue weighted by molar-refractivity contribution is -0.161. The molecule has 0 aliphatic carbocycles. The molecule has 0 radical (unpaired) electrons. The predicted octanol–water partition coefficient (Wildman–Crippen LogP) is 2.61. The summed E-state index contributed by atoms with van der Waals surface area (Å²) < 4.78 is 31.4. The molecule has 0 spiro atoms. The second-order valence-corrected chi connectivity index (χ2v) is 9.24. The molecule has 1 fully saturated rings. The number of nitrogens with one attached hydrogen (secondary N) is 1. The van der Waals surface area contributed by atoms with Crippen LogP contribution in [0, 0.1) is 6.92 Å². The average Bonchev–Trinajstić information content (AvgIpc) is 2.66. The van der Waals surface area contributed by atoms with Crippen LogP contribution in [0.3, 0.4) is 0 Å². The van der Waals surface area contributed by atoms with Gasteiger partial charge in [0.2, 0.25) is 10.0 Å². The molecule has 7 nitrogen and oxygen atoms in total. The van der Waals surface area contributed by atoms with Crippen molar-refractivity contribution in [2.45, 2.75) is 65.1 Å². The molecular weight excluding hydrogens is 392 g/mol. The summed E-state index contributed by atoms with van der Waals surface area (Å²) >= 11 is 0. The van der Waals surface area contributed by atoms with Crippen molar-refractivity contribution in [3.63, 3.8) is 0 Å². The Kier molecular flexibility index (Phi) is 7.98. The monoisotopic (exact) mass is 422 g/mol. The van der Waals surface area contributed by atoms with Crippen molar-refractivity contribution < 1.29 is 22.7 Å². The fraction of sp³-hybridized carbons (Fsp3) is 0.524. The average molecular weight is 423 g/mol. The number of hydrogen-bond acceptors (Lipinski definition) is 5. The Hall–Kier alpha value is -2.19. The molecule has 1 N–H and O–H groups in total. The minimum absolute atomic E-state index is 0.0952. The summed E-state index contributed by atoms with van der Waals surface area (Å²) in [6, 6.07) is 7.53. The van der Waals surface area contributed by atoms with Crippen molar-refractivity contribution in [2.75, 3.05) is 6.54 Å². The van der Waals surface area contributed by atoms with Gasteiger partial charge in [-0.1, -0.05) is 29.8 Å². The molecule has 3 atom stereocenters. The van der Waals surface area contributed by atoms with E-state index in [9.17, 15) is 18.0 Å². The van der Waals surface area contributed by atoms with Crippen LogP contribution in [0.5, 0.6) is 0 Å². The van der Waals surface area contributed by atoms with E-state index in [1.165, 1.54) is 13.0 Å². The van der Waals surface area contributed by atoms with Gasteiger partial charge in [-0.15, -0.1) is 0 Å². The van der Waals surface area contributed by atoms with Gasteiger partial charge in [-0.25, -0.2) is 13.1 Å². The summed E-state index contributed by atoms with van der Waals surface area (Å²) in [7, 11) is -3.81. The standard InChI is InChI=1S/C21H30N2O5S/c1-15-8-10-19(11-9-15)12-13-29(26,27)22-14-20(24)28-18(4)21(25)23-16(2)6-5-7-17(23)3/h8-13,16-18,22H,5-7,14H2,1-4H3/b13-12+/t16-,17-,18-/m0/s1. The van der Waals surface area contributed by atoms with Crippen LogP contribution in [0.25, 0.3) is 6.08 Å². The SMILES string of the molecule is Cc1ccc(/C=C/S(=O)(=O)NCC(=O)O[C@@H](C)C(=O)N2[C@@H](C)CCC[C@@H]2C)cc1. The molecule has 1 aliphatic rings. The van der Waals surface area contributed by atoms with Crippen LogP contribution in [0.4, 0.5) is 0 Å². The van der Waals surface area contributed by atoms with Gasteiger partial charge in [0.25, 0.3) is 5.91 Å². The molecule has 1 saturated heterocycles. The van der Waals surface area contributed by atoms with Gasteiger partial charge >= 0.3 is 5.97 Å². The number of benzene rings is 1. The minimum Gasteiger partial charge on any atom is -0.452 e. The minimum atomic E-state index is -3.81. The highest BCUT2D eigenvalue weighted by Crippen LogP contribution is 2.23. The summed E-state index contributed by atoms with van der Waals surface area (Å²) in [4.78, 5) is 26.4. The molecule has 1 aliphatic heterocycles. The molecule has 0 bridgehead atoms. The first-order valence-electron chi connectivity index (χ1n) is 9.85. The zero-order valence-electron chi connectivity index (χ0n) is 17.4. The van der Waals surface area contributed by atoms with Crippen LogP contribution in [0.15, 0.2) is 29.7 Å². The summed E-state index contributed by atoms with van der Waals surface area (Å²) in [5.41, 5.74) is 1.80. The number of likely N-dealkylation sites (tertiary alicyclic amines) is 1. The highest BCUT2D eigenvalue weighted by atomic mass is 32.2. The van der Waals surface area contributed by atoms with Gasteiger partial charge in [0.05, 0.1) is 0 Å². The number of hydrogen-bond donors (Lipinski definition) is 1. The predicted molar refractivity (Wildman–Crippen MR) is 112 cm³/mol. The zero-order chi connectivity index (χ0) is 21.6. The second-order valence-electron chi connectivity index (χ2n) is 7.59. The van der Waals surface area contributed by atoms with Crippen LogP contribution in [0.1, 0.15) is 51.2 Å². The summed E-state index contributed by atoms with van der Waals surface area (Å²) in [6.45, 7) is 6.88. The van der Waals surface area contributed by atoms with Crippen molar-refractivity contribution in [1.29, 1.82) is 0 Å². The molecule has 2 rings (SSSR count). The first kappa shape index (κ1) is 23.1. The van der Waals surface area contributed by atoms with Crippen LogP contribution in [0.2, 0.25) is 0 Å². The van der Waals surface area contributed by atoms with Crippen LogP contribution in [-0.4, -0.2) is 49.9 Å². The van der Waals surface area contributed by atoms with E-state index in [2.05, 4.69) is 4.72 Å². The maximum absolute atomic E-state index is 12.6. The molecule has 8 heteroatoms. The third kappa shape index (κ3) is 6.97. The van der Waals surface area contributed by atoms with E-state index in [1.54, 1.807) is 17.0 Å². The second kappa shape index (κ2) is 10.0. The first-order valence-corrected chi connectivity index (χ1v) is 11.4. The smallest absolute Gasteiger partial charge is 0.321 e. The maximum atomic E-state index is 12.6. The number of nitrogens with zero attached hydrogens (tertiary/aromatic N) is 1. The van der Waals surface area contributed by atoms with Crippen molar-refractivity contribution in [3.05, 3.63) is 40.8 Å². The number of carbonyl (C=O) groups is 2. The number of ether oxygens (including phenoxy) is 1. The van der Waals surface area contributed by atoms with E-state index in [0.717, 1.165) is 35.8 Å². The van der Waals surface area contributed by atoms with Crippen molar-refractivity contribution in [3.8, 4) is 0 Å². The molecule has 1 amide bonds. The molecule has 0 unspecified atom stereocenters. The van der Waals surface area contributed by atoms with E-state index < -0.39 is 28.6 Å². The number of carbonyl (C=O) groups excluding carboxylic acids is 2. The lowest BCUT2D eigenvalue weighted by Gasteiger charge is -2.40. The van der Waals surface area contributed by atoms with E-state index in [-0.39, 0.29) is 18.0 Å². The Balaban J connectivity index is 1.86. The van der Waals surface area contributed by atoms with E-state index in [0.29, 0.717) is 0 Å². The van der Waals surface area contributed by atoms with E-state index in [4.69, 9.17) is 4.74 Å². The first-order chi connectivity index (χ1) is 13.6. The van der Waals surface area contributed by atoms with E-state index in [1.807, 2.05) is 32.9 Å². The Morgan fingerprint density at radius 2 is 1.79 bits per heavy atom. The van der Waals surface area contributed by atoms with Crippen molar-refractivity contribution in [1.82, 2.24) is 9.62 Å². The largest absolute Gasteiger partial charge is 0.452 e. The molecule has 0 saturated carbocycles. The third-order valence-electron chi connectivity index (χ3n) is 5.04. The molecular formula is C21H30N2O5S. The Bertz CT molecular complexity index is 838. The van der Waals surface area contributed by atoms with Gasteiger partial charge in [-0.3, -0.25) is 9.59 Å². The van der Waals surface area contributed by atoms with Crippen LogP contribution in [-0.2, 0) is 24.3 Å². The van der Waals surface area contributed by atoms with Crippen LogP contribution < -0.4 is 4.72 Å². The lowest BCUT2D eigenvalue weighted by Crippen LogP contribution is -2.51. The fourth-order valence-corrected chi connectivity index (χ4v) is 4.16. The number of aryl methyl sites for hydroxylation is 1. The molecule has 160 valence electrons. The van der Waals surface area contributed by atoms with Gasteiger partial charge in [0, 0.05) is 17.5 Å².